The van der Waals surface area contributed by atoms with Crippen LogP contribution >= 0.6 is 0 Å². The minimum absolute atomic E-state index is 0.403. The normalized spacial score (nSPS) is 10.7. The molecule has 146 valence electrons. The number of H-pyrrole nitrogens is 1. The van der Waals surface area contributed by atoms with Gasteiger partial charge in [-0.05, 0) is 30.2 Å². The van der Waals surface area contributed by atoms with Crippen molar-refractivity contribution in [3.8, 4) is 0 Å². The molecule has 0 amide bonds. The Bertz CT molecular complexity index is 1140. The van der Waals surface area contributed by atoms with Gasteiger partial charge in [0.25, 0.3) is 0 Å². The van der Waals surface area contributed by atoms with Crippen LogP contribution < -0.4 is 10.6 Å². The van der Waals surface area contributed by atoms with Crippen molar-refractivity contribution in [2.75, 3.05) is 24.3 Å². The fourth-order valence-corrected chi connectivity index (χ4v) is 3.20. The van der Waals surface area contributed by atoms with E-state index in [2.05, 4.69) is 37.7 Å². The zero-order valence-electron chi connectivity index (χ0n) is 16.0. The van der Waals surface area contributed by atoms with Gasteiger partial charge in [0.2, 0.25) is 0 Å². The van der Waals surface area contributed by atoms with Gasteiger partial charge >= 0.3 is 5.97 Å². The van der Waals surface area contributed by atoms with E-state index in [0.717, 1.165) is 18.5 Å². The van der Waals surface area contributed by atoms with Gasteiger partial charge < -0.3 is 20.4 Å². The van der Waals surface area contributed by atoms with Crippen LogP contribution in [-0.2, 0) is 11.2 Å². The SMILES string of the molecule is COC(=O)c1ccccc1Nc1cc(NCCc2c[nH]c3ccccc23)ncn1. The molecule has 4 rings (SSSR count). The maximum absolute atomic E-state index is 11.9. The van der Waals surface area contributed by atoms with E-state index in [-0.39, 0.29) is 0 Å². The second kappa shape index (κ2) is 8.43. The zero-order valence-corrected chi connectivity index (χ0v) is 16.0. The van der Waals surface area contributed by atoms with Crippen molar-refractivity contribution in [3.05, 3.63) is 78.2 Å². The largest absolute Gasteiger partial charge is 0.465 e. The van der Waals surface area contributed by atoms with E-state index in [9.17, 15) is 4.79 Å². The summed E-state index contributed by atoms with van der Waals surface area (Å²) in [6.45, 7) is 0.733. The van der Waals surface area contributed by atoms with Crippen LogP contribution in [0.15, 0.2) is 67.1 Å². The van der Waals surface area contributed by atoms with Crippen LogP contribution in [0.2, 0.25) is 0 Å². The quantitative estimate of drug-likeness (QED) is 0.413. The molecule has 0 bridgehead atoms. The van der Waals surface area contributed by atoms with E-state index >= 15 is 0 Å². The second-order valence-corrected chi connectivity index (χ2v) is 6.49. The van der Waals surface area contributed by atoms with Gasteiger partial charge in [0.05, 0.1) is 18.4 Å². The van der Waals surface area contributed by atoms with Crippen LogP contribution in [0.3, 0.4) is 0 Å². The highest BCUT2D eigenvalue weighted by molar-refractivity contribution is 5.96. The molecule has 29 heavy (non-hydrogen) atoms. The van der Waals surface area contributed by atoms with E-state index in [0.29, 0.717) is 22.9 Å². The summed E-state index contributed by atoms with van der Waals surface area (Å²) in [6.07, 6.45) is 4.39. The van der Waals surface area contributed by atoms with Gasteiger partial charge in [-0.1, -0.05) is 30.3 Å². The summed E-state index contributed by atoms with van der Waals surface area (Å²) < 4.78 is 4.83. The molecule has 0 saturated heterocycles. The van der Waals surface area contributed by atoms with Gasteiger partial charge in [-0.15, -0.1) is 0 Å². The lowest BCUT2D eigenvalue weighted by Crippen LogP contribution is -2.08. The Hall–Kier alpha value is -3.87. The summed E-state index contributed by atoms with van der Waals surface area (Å²) in [6, 6.07) is 17.2. The number of carbonyl (C=O) groups excluding carboxylic acids is 1. The Morgan fingerprint density at radius 1 is 1.07 bits per heavy atom. The van der Waals surface area contributed by atoms with Crippen LogP contribution in [0, 0.1) is 0 Å². The van der Waals surface area contributed by atoms with E-state index in [1.165, 1.54) is 24.4 Å². The number of hydrogen-bond donors (Lipinski definition) is 3. The average molecular weight is 387 g/mol. The standard InChI is InChI=1S/C22H21N5O2/c1-29-22(28)17-7-3-5-9-19(17)27-21-12-20(25-14-26-21)23-11-10-15-13-24-18-8-4-2-6-16(15)18/h2-9,12-14,24H,10-11H2,1H3,(H2,23,25,26,27). The predicted octanol–water partition coefficient (Wildman–Crippen LogP) is 4.14. The first-order valence-corrected chi connectivity index (χ1v) is 9.30. The molecule has 0 aliphatic carbocycles. The van der Waals surface area contributed by atoms with Crippen molar-refractivity contribution in [3.63, 3.8) is 0 Å². The molecule has 2 heterocycles. The lowest BCUT2D eigenvalue weighted by atomic mass is 10.1. The molecular formula is C22H21N5O2. The zero-order chi connectivity index (χ0) is 20.1. The molecule has 3 N–H and O–H groups in total. The topological polar surface area (TPSA) is 91.9 Å². The van der Waals surface area contributed by atoms with Gasteiger partial charge in [0, 0.05) is 29.7 Å². The second-order valence-electron chi connectivity index (χ2n) is 6.49. The summed E-state index contributed by atoms with van der Waals surface area (Å²) in [5, 5.41) is 7.72. The highest BCUT2D eigenvalue weighted by Crippen LogP contribution is 2.22. The van der Waals surface area contributed by atoms with Crippen LogP contribution in [-0.4, -0.2) is 34.6 Å². The number of aromatic amines is 1. The first-order valence-electron chi connectivity index (χ1n) is 9.30. The van der Waals surface area contributed by atoms with Crippen LogP contribution in [0.1, 0.15) is 15.9 Å². The number of anilines is 3. The Morgan fingerprint density at radius 3 is 2.76 bits per heavy atom. The Balaban J connectivity index is 1.42. The van der Waals surface area contributed by atoms with E-state index in [4.69, 9.17) is 4.74 Å². The van der Waals surface area contributed by atoms with Crippen molar-refractivity contribution in [1.29, 1.82) is 0 Å². The van der Waals surface area contributed by atoms with Crippen molar-refractivity contribution in [1.82, 2.24) is 15.0 Å². The molecule has 0 spiro atoms. The van der Waals surface area contributed by atoms with Gasteiger partial charge in [0.15, 0.2) is 0 Å². The van der Waals surface area contributed by atoms with Crippen molar-refractivity contribution in [2.45, 2.75) is 6.42 Å². The fourth-order valence-electron chi connectivity index (χ4n) is 3.20. The molecule has 0 unspecified atom stereocenters. The Kier molecular flexibility index (Phi) is 5.38. The van der Waals surface area contributed by atoms with E-state index in [1.54, 1.807) is 18.2 Å². The summed E-state index contributed by atoms with van der Waals surface area (Å²) in [7, 11) is 1.36. The predicted molar refractivity (Wildman–Crippen MR) is 114 cm³/mol. The molecule has 2 aromatic carbocycles. The van der Waals surface area contributed by atoms with Crippen LogP contribution in [0.4, 0.5) is 17.3 Å². The van der Waals surface area contributed by atoms with E-state index < -0.39 is 5.97 Å². The molecule has 0 aliphatic heterocycles. The van der Waals surface area contributed by atoms with Crippen molar-refractivity contribution < 1.29 is 9.53 Å². The van der Waals surface area contributed by atoms with Crippen LogP contribution in [0.25, 0.3) is 10.9 Å². The Labute approximate surface area is 168 Å². The summed E-state index contributed by atoms with van der Waals surface area (Å²) in [5.41, 5.74) is 3.47. The van der Waals surface area contributed by atoms with Crippen molar-refractivity contribution >= 4 is 34.2 Å². The maximum atomic E-state index is 11.9. The third-order valence-corrected chi connectivity index (χ3v) is 4.64. The first kappa shape index (κ1) is 18.5. The van der Waals surface area contributed by atoms with Gasteiger partial charge in [-0.2, -0.15) is 0 Å². The minimum Gasteiger partial charge on any atom is -0.465 e. The van der Waals surface area contributed by atoms with E-state index in [1.807, 2.05) is 30.5 Å². The number of nitrogens with one attached hydrogen (secondary N) is 3. The monoisotopic (exact) mass is 387 g/mol. The van der Waals surface area contributed by atoms with Gasteiger partial charge in [0.1, 0.15) is 18.0 Å². The molecule has 2 aromatic heterocycles. The number of esters is 1. The molecule has 7 heteroatoms. The highest BCUT2D eigenvalue weighted by atomic mass is 16.5. The average Bonchev–Trinajstić information content (AvgIpc) is 3.17. The third-order valence-electron chi connectivity index (χ3n) is 4.64. The van der Waals surface area contributed by atoms with Gasteiger partial charge in [-0.25, -0.2) is 14.8 Å². The molecule has 0 saturated carbocycles. The Morgan fingerprint density at radius 2 is 1.86 bits per heavy atom. The maximum Gasteiger partial charge on any atom is 0.339 e. The van der Waals surface area contributed by atoms with Gasteiger partial charge in [-0.3, -0.25) is 0 Å². The van der Waals surface area contributed by atoms with Crippen LogP contribution in [0.5, 0.6) is 0 Å². The van der Waals surface area contributed by atoms with Crippen molar-refractivity contribution in [2.24, 2.45) is 0 Å². The molecule has 0 atom stereocenters. The number of methoxy groups -OCH3 is 1. The number of nitrogens with zero attached hydrogens (tertiary/aromatic N) is 2. The number of aromatic nitrogens is 3. The number of para-hydroxylation sites is 2. The molecule has 0 aliphatic rings. The molecule has 4 aromatic rings. The molecule has 0 fully saturated rings. The number of carbonyl (C=O) groups is 1. The minimum atomic E-state index is -0.403. The number of ether oxygens (including phenoxy) is 1. The summed E-state index contributed by atoms with van der Waals surface area (Å²) in [5.74, 6) is 0.892. The number of benzene rings is 2. The lowest BCUT2D eigenvalue weighted by Gasteiger charge is -2.11. The third kappa shape index (κ3) is 4.19. The molecular weight excluding hydrogens is 366 g/mol. The molecule has 0 radical (unpaired) electrons. The smallest absolute Gasteiger partial charge is 0.339 e. The summed E-state index contributed by atoms with van der Waals surface area (Å²) >= 11 is 0. The number of fused-ring (bicyclic) bond motifs is 1. The molecule has 7 nitrogen and oxygen atoms in total. The fraction of sp³-hybridized carbons (Fsp3) is 0.136. The summed E-state index contributed by atoms with van der Waals surface area (Å²) in [4.78, 5) is 23.7. The lowest BCUT2D eigenvalue weighted by molar-refractivity contribution is 0.0602. The number of hydrogen-bond acceptors (Lipinski definition) is 6. The number of rotatable bonds is 7. The first-order chi connectivity index (χ1) is 14.2. The highest BCUT2D eigenvalue weighted by Gasteiger charge is 2.11.